The van der Waals surface area contributed by atoms with Crippen LogP contribution in [-0.2, 0) is 9.59 Å². The Morgan fingerprint density at radius 2 is 2.08 bits per heavy atom. The Hall–Kier alpha value is -2.24. The summed E-state index contributed by atoms with van der Waals surface area (Å²) in [6.07, 6.45) is 3.47. The molecule has 0 bridgehead atoms. The third kappa shape index (κ3) is 4.65. The number of benzene rings is 1. The minimum Gasteiger partial charge on any atom is -0.497 e. The zero-order chi connectivity index (χ0) is 17.6. The molecule has 1 atom stereocenters. The summed E-state index contributed by atoms with van der Waals surface area (Å²) >= 11 is 0. The van der Waals surface area contributed by atoms with E-state index < -0.39 is 0 Å². The van der Waals surface area contributed by atoms with E-state index in [2.05, 4.69) is 0 Å². The summed E-state index contributed by atoms with van der Waals surface area (Å²) in [6, 6.07) is 7.56. The van der Waals surface area contributed by atoms with Crippen LogP contribution >= 0.6 is 0 Å². The Kier molecular flexibility index (Phi) is 5.79. The maximum atomic E-state index is 12.5. The molecule has 25 heavy (non-hydrogen) atoms. The van der Waals surface area contributed by atoms with Crippen LogP contribution in [0.1, 0.15) is 25.7 Å². The van der Waals surface area contributed by atoms with E-state index in [1.807, 2.05) is 29.2 Å². The molecule has 0 radical (unpaired) electrons. The molecule has 2 aliphatic heterocycles. The minimum atomic E-state index is 0.0568. The monoisotopic (exact) mass is 346 g/mol. The molecule has 0 aromatic heterocycles. The second-order valence-electron chi connectivity index (χ2n) is 6.76. The number of carbonyl (C=O) groups is 2. The third-order valence-corrected chi connectivity index (χ3v) is 4.90. The maximum absolute atomic E-state index is 12.5. The van der Waals surface area contributed by atoms with E-state index in [4.69, 9.17) is 9.47 Å². The number of carbonyl (C=O) groups excluding carboxylic acids is 2. The van der Waals surface area contributed by atoms with Crippen molar-refractivity contribution in [3.8, 4) is 11.5 Å². The summed E-state index contributed by atoms with van der Waals surface area (Å²) in [5.41, 5.74) is 0. The summed E-state index contributed by atoms with van der Waals surface area (Å²) in [5, 5.41) is 0. The molecule has 0 aliphatic carbocycles. The van der Waals surface area contributed by atoms with Gasteiger partial charge >= 0.3 is 0 Å². The average molecular weight is 346 g/mol. The van der Waals surface area contributed by atoms with Gasteiger partial charge in [-0.15, -0.1) is 0 Å². The van der Waals surface area contributed by atoms with Crippen LogP contribution in [0.5, 0.6) is 11.5 Å². The van der Waals surface area contributed by atoms with Crippen LogP contribution in [0.25, 0.3) is 0 Å². The van der Waals surface area contributed by atoms with Gasteiger partial charge in [0.2, 0.25) is 11.8 Å². The standard InChI is InChI=1S/C19H26N2O4/c1-24-16-6-2-7-17(11-16)25-14-15-5-3-9-20(12-15)19(23)13-21-10-4-8-18(21)22/h2,6-7,11,15H,3-5,8-10,12-14H2,1H3/t15-/m1/s1. The molecule has 0 spiro atoms. The molecule has 2 aliphatic rings. The normalized spacial score (nSPS) is 20.7. The Balaban J connectivity index is 1.48. The molecule has 1 aromatic rings. The minimum absolute atomic E-state index is 0.0568. The molecule has 2 heterocycles. The number of piperidine rings is 1. The predicted molar refractivity (Wildman–Crippen MR) is 93.6 cm³/mol. The van der Waals surface area contributed by atoms with Crippen molar-refractivity contribution in [2.75, 3.05) is 39.9 Å². The van der Waals surface area contributed by atoms with Crippen LogP contribution in [-0.4, -0.2) is 61.5 Å². The zero-order valence-electron chi connectivity index (χ0n) is 14.8. The van der Waals surface area contributed by atoms with E-state index in [1.165, 1.54) is 0 Å². The Labute approximate surface area is 148 Å². The van der Waals surface area contributed by atoms with Gasteiger partial charge in [0.25, 0.3) is 0 Å². The van der Waals surface area contributed by atoms with Crippen molar-refractivity contribution < 1.29 is 19.1 Å². The van der Waals surface area contributed by atoms with E-state index in [9.17, 15) is 9.59 Å². The Bertz CT molecular complexity index is 619. The van der Waals surface area contributed by atoms with Gasteiger partial charge in [-0.3, -0.25) is 9.59 Å². The van der Waals surface area contributed by atoms with E-state index in [0.717, 1.165) is 37.3 Å². The van der Waals surface area contributed by atoms with Crippen LogP contribution in [0, 0.1) is 5.92 Å². The lowest BCUT2D eigenvalue weighted by molar-refractivity contribution is -0.139. The first-order chi connectivity index (χ1) is 12.2. The van der Waals surface area contributed by atoms with Crippen LogP contribution in [0.3, 0.4) is 0 Å². The molecule has 2 saturated heterocycles. The summed E-state index contributed by atoms with van der Waals surface area (Å²) < 4.78 is 11.1. The zero-order valence-corrected chi connectivity index (χ0v) is 14.8. The van der Waals surface area contributed by atoms with Crippen LogP contribution in [0.4, 0.5) is 0 Å². The highest BCUT2D eigenvalue weighted by atomic mass is 16.5. The number of hydrogen-bond acceptors (Lipinski definition) is 4. The van der Waals surface area contributed by atoms with Gasteiger partial charge < -0.3 is 19.3 Å². The predicted octanol–water partition coefficient (Wildman–Crippen LogP) is 1.93. The number of nitrogens with zero attached hydrogens (tertiary/aromatic N) is 2. The lowest BCUT2D eigenvalue weighted by Gasteiger charge is -2.33. The highest BCUT2D eigenvalue weighted by Gasteiger charge is 2.28. The summed E-state index contributed by atoms with van der Waals surface area (Å²) in [4.78, 5) is 27.7. The SMILES string of the molecule is COc1cccc(OC[C@@H]2CCCN(C(=O)CN3CCCC3=O)C2)c1. The fourth-order valence-electron chi connectivity index (χ4n) is 3.47. The highest BCUT2D eigenvalue weighted by Crippen LogP contribution is 2.22. The van der Waals surface area contributed by atoms with Gasteiger partial charge in [0.1, 0.15) is 11.5 Å². The maximum Gasteiger partial charge on any atom is 0.242 e. The Morgan fingerprint density at radius 3 is 2.84 bits per heavy atom. The number of methoxy groups -OCH3 is 1. The van der Waals surface area contributed by atoms with E-state index >= 15 is 0 Å². The van der Waals surface area contributed by atoms with Crippen molar-refractivity contribution in [1.29, 1.82) is 0 Å². The smallest absolute Gasteiger partial charge is 0.242 e. The number of ether oxygens (including phenoxy) is 2. The van der Waals surface area contributed by atoms with Gasteiger partial charge in [0, 0.05) is 38.0 Å². The highest BCUT2D eigenvalue weighted by molar-refractivity contribution is 5.85. The molecule has 0 saturated carbocycles. The molecule has 0 unspecified atom stereocenters. The van der Waals surface area contributed by atoms with Crippen LogP contribution < -0.4 is 9.47 Å². The molecular formula is C19H26N2O4. The summed E-state index contributed by atoms with van der Waals surface area (Å²) in [7, 11) is 1.63. The summed E-state index contributed by atoms with van der Waals surface area (Å²) in [5.74, 6) is 2.03. The topological polar surface area (TPSA) is 59.1 Å². The van der Waals surface area contributed by atoms with Gasteiger partial charge in [-0.1, -0.05) is 6.07 Å². The summed E-state index contributed by atoms with van der Waals surface area (Å²) in [6.45, 7) is 2.99. The fraction of sp³-hybridized carbons (Fsp3) is 0.579. The molecule has 0 N–H and O–H groups in total. The third-order valence-electron chi connectivity index (χ3n) is 4.90. The lowest BCUT2D eigenvalue weighted by Crippen LogP contribution is -2.46. The lowest BCUT2D eigenvalue weighted by atomic mass is 9.99. The number of likely N-dealkylation sites (tertiary alicyclic amines) is 2. The van der Waals surface area contributed by atoms with Crippen molar-refractivity contribution in [2.45, 2.75) is 25.7 Å². The van der Waals surface area contributed by atoms with E-state index in [1.54, 1.807) is 12.0 Å². The van der Waals surface area contributed by atoms with Crippen molar-refractivity contribution in [1.82, 2.24) is 9.80 Å². The van der Waals surface area contributed by atoms with Gasteiger partial charge in [-0.05, 0) is 31.4 Å². The first-order valence-corrected chi connectivity index (χ1v) is 8.98. The molecule has 6 heteroatoms. The molecule has 136 valence electrons. The first kappa shape index (κ1) is 17.6. The van der Waals surface area contributed by atoms with Crippen molar-refractivity contribution in [3.05, 3.63) is 24.3 Å². The van der Waals surface area contributed by atoms with Crippen LogP contribution in [0.15, 0.2) is 24.3 Å². The average Bonchev–Trinajstić information content (AvgIpc) is 3.05. The van der Waals surface area contributed by atoms with Crippen LogP contribution in [0.2, 0.25) is 0 Å². The van der Waals surface area contributed by atoms with Gasteiger partial charge in [-0.2, -0.15) is 0 Å². The molecule has 2 amide bonds. The van der Waals surface area contributed by atoms with Gasteiger partial charge in [0.05, 0.1) is 20.3 Å². The molecule has 3 rings (SSSR count). The molecule has 1 aromatic carbocycles. The van der Waals surface area contributed by atoms with Crippen molar-refractivity contribution >= 4 is 11.8 Å². The van der Waals surface area contributed by atoms with E-state index in [-0.39, 0.29) is 18.4 Å². The van der Waals surface area contributed by atoms with Crippen molar-refractivity contribution in [3.63, 3.8) is 0 Å². The molecule has 2 fully saturated rings. The Morgan fingerprint density at radius 1 is 1.24 bits per heavy atom. The van der Waals surface area contributed by atoms with Crippen molar-refractivity contribution in [2.24, 2.45) is 5.92 Å². The first-order valence-electron chi connectivity index (χ1n) is 8.98. The molecular weight excluding hydrogens is 320 g/mol. The van der Waals surface area contributed by atoms with E-state index in [0.29, 0.717) is 32.0 Å². The number of hydrogen-bond donors (Lipinski definition) is 0. The largest absolute Gasteiger partial charge is 0.497 e. The molecule has 6 nitrogen and oxygen atoms in total. The number of rotatable bonds is 6. The quantitative estimate of drug-likeness (QED) is 0.790. The number of amides is 2. The second-order valence-corrected chi connectivity index (χ2v) is 6.76. The van der Waals surface area contributed by atoms with Gasteiger partial charge in [0.15, 0.2) is 0 Å². The van der Waals surface area contributed by atoms with Gasteiger partial charge in [-0.25, -0.2) is 0 Å². The second kappa shape index (κ2) is 8.23. The fourth-order valence-corrected chi connectivity index (χ4v) is 3.47.